The number of alkyl halides is 3. The number of benzene rings is 3. The summed E-state index contributed by atoms with van der Waals surface area (Å²) in [6, 6.07) is 14.7. The second-order valence-corrected chi connectivity index (χ2v) is 7.24. The molecule has 0 unspecified atom stereocenters. The van der Waals surface area contributed by atoms with E-state index in [4.69, 9.17) is 4.74 Å². The Labute approximate surface area is 176 Å². The number of fused-ring (bicyclic) bond motifs is 1. The Bertz CT molecular complexity index is 1140. The molecule has 0 spiro atoms. The fourth-order valence-electron chi connectivity index (χ4n) is 3.29. The molecule has 1 aliphatic rings. The normalized spacial score (nSPS) is 15.0. The van der Waals surface area contributed by atoms with Gasteiger partial charge in [0.05, 0.1) is 17.9 Å². The van der Waals surface area contributed by atoms with Gasteiger partial charge in [-0.25, -0.2) is 4.99 Å². The van der Waals surface area contributed by atoms with E-state index in [0.29, 0.717) is 35.5 Å². The van der Waals surface area contributed by atoms with E-state index in [0.717, 1.165) is 17.5 Å². The summed E-state index contributed by atoms with van der Waals surface area (Å²) in [6.07, 6.45) is -4.41. The Balaban J connectivity index is 1.58. The number of aliphatic hydroxyl groups excluding tert-OH is 1. The average Bonchev–Trinajstić information content (AvgIpc) is 2.71. The van der Waals surface area contributed by atoms with Crippen molar-refractivity contribution >= 4 is 22.4 Å². The van der Waals surface area contributed by atoms with E-state index in [2.05, 4.69) is 10.3 Å². The number of nitrogens with zero attached hydrogens (tertiary/aromatic N) is 1. The van der Waals surface area contributed by atoms with Crippen molar-refractivity contribution in [1.82, 2.24) is 5.32 Å². The summed E-state index contributed by atoms with van der Waals surface area (Å²) in [5.41, 5.74) is 0.0852. The van der Waals surface area contributed by atoms with Crippen LogP contribution < -0.4 is 10.1 Å². The molecule has 0 radical (unpaired) electrons. The minimum atomic E-state index is -4.41. The third-order valence-corrected chi connectivity index (χ3v) is 5.16. The highest BCUT2D eigenvalue weighted by Crippen LogP contribution is 2.33. The Hall–Kier alpha value is -3.23. The summed E-state index contributed by atoms with van der Waals surface area (Å²) in [4.78, 5) is 16.6. The predicted octanol–water partition coefficient (Wildman–Crippen LogP) is 4.44. The summed E-state index contributed by atoms with van der Waals surface area (Å²) < 4.78 is 44.0. The number of carbonyl (C=O) groups is 1. The van der Waals surface area contributed by atoms with Gasteiger partial charge in [0.1, 0.15) is 11.5 Å². The van der Waals surface area contributed by atoms with Gasteiger partial charge in [0, 0.05) is 30.0 Å². The SMILES string of the molecule is O=C(/N=C(\CO)C1CNC1)c1ccc2c(Oc3ccc(C(F)(F)F)cc3)cccc2c1. The van der Waals surface area contributed by atoms with Gasteiger partial charge in [0.25, 0.3) is 5.91 Å². The maximum atomic E-state index is 12.7. The molecule has 2 N–H and O–H groups in total. The van der Waals surface area contributed by atoms with E-state index in [-0.39, 0.29) is 18.3 Å². The van der Waals surface area contributed by atoms with Crippen molar-refractivity contribution in [3.63, 3.8) is 0 Å². The zero-order valence-electron chi connectivity index (χ0n) is 16.3. The Kier molecular flexibility index (Phi) is 5.75. The van der Waals surface area contributed by atoms with Crippen LogP contribution in [0.4, 0.5) is 13.2 Å². The summed E-state index contributed by atoms with van der Waals surface area (Å²) in [5.74, 6) is 0.355. The second-order valence-electron chi connectivity index (χ2n) is 7.24. The zero-order valence-corrected chi connectivity index (χ0v) is 16.3. The summed E-state index contributed by atoms with van der Waals surface area (Å²) in [6.45, 7) is 1.11. The maximum Gasteiger partial charge on any atom is 0.416 e. The molecule has 4 rings (SSSR count). The lowest BCUT2D eigenvalue weighted by molar-refractivity contribution is -0.137. The first kappa shape index (κ1) is 21.0. The van der Waals surface area contributed by atoms with E-state index in [1.54, 1.807) is 36.4 Å². The summed E-state index contributed by atoms with van der Waals surface area (Å²) in [7, 11) is 0. The molecule has 1 fully saturated rings. The highest BCUT2D eigenvalue weighted by molar-refractivity contribution is 6.07. The fourth-order valence-corrected chi connectivity index (χ4v) is 3.29. The molecule has 0 atom stereocenters. The number of aliphatic imine (C=N–C) groups is 1. The van der Waals surface area contributed by atoms with Crippen molar-refractivity contribution in [1.29, 1.82) is 0 Å². The topological polar surface area (TPSA) is 70.9 Å². The molecular formula is C23H19F3N2O3. The minimum Gasteiger partial charge on any atom is -0.457 e. The molecule has 1 amide bonds. The van der Waals surface area contributed by atoms with Crippen LogP contribution in [0.3, 0.4) is 0 Å². The van der Waals surface area contributed by atoms with Gasteiger partial charge in [-0.05, 0) is 53.9 Å². The minimum absolute atomic E-state index is 0.0677. The molecule has 8 heteroatoms. The number of amides is 1. The van der Waals surface area contributed by atoms with Gasteiger partial charge in [-0.1, -0.05) is 12.1 Å². The molecule has 3 aromatic carbocycles. The van der Waals surface area contributed by atoms with Crippen LogP contribution in [0.2, 0.25) is 0 Å². The lowest BCUT2D eigenvalue weighted by Gasteiger charge is -2.27. The number of hydrogen-bond acceptors (Lipinski definition) is 4. The monoisotopic (exact) mass is 428 g/mol. The van der Waals surface area contributed by atoms with Crippen molar-refractivity contribution in [2.75, 3.05) is 19.7 Å². The second kappa shape index (κ2) is 8.49. The van der Waals surface area contributed by atoms with Crippen LogP contribution in [-0.4, -0.2) is 36.4 Å². The van der Waals surface area contributed by atoms with Crippen molar-refractivity contribution in [3.05, 3.63) is 71.8 Å². The van der Waals surface area contributed by atoms with Gasteiger partial charge in [-0.3, -0.25) is 4.79 Å². The Morgan fingerprint density at radius 2 is 1.84 bits per heavy atom. The molecular weight excluding hydrogens is 409 g/mol. The summed E-state index contributed by atoms with van der Waals surface area (Å²) >= 11 is 0. The van der Waals surface area contributed by atoms with Gasteiger partial charge in [-0.2, -0.15) is 13.2 Å². The van der Waals surface area contributed by atoms with E-state index < -0.39 is 17.6 Å². The Morgan fingerprint density at radius 1 is 1.10 bits per heavy atom. The van der Waals surface area contributed by atoms with Crippen LogP contribution in [0.1, 0.15) is 15.9 Å². The lowest BCUT2D eigenvalue weighted by atomic mass is 9.97. The molecule has 1 saturated heterocycles. The van der Waals surface area contributed by atoms with Crippen LogP contribution in [0.5, 0.6) is 11.5 Å². The van der Waals surface area contributed by atoms with Crippen LogP contribution in [0.15, 0.2) is 65.7 Å². The lowest BCUT2D eigenvalue weighted by Crippen LogP contribution is -2.47. The number of nitrogens with one attached hydrogen (secondary N) is 1. The van der Waals surface area contributed by atoms with Gasteiger partial charge in [0.15, 0.2) is 0 Å². The number of aliphatic hydroxyl groups is 1. The largest absolute Gasteiger partial charge is 0.457 e. The van der Waals surface area contributed by atoms with Gasteiger partial charge < -0.3 is 15.2 Å². The van der Waals surface area contributed by atoms with Crippen LogP contribution in [0, 0.1) is 5.92 Å². The number of ether oxygens (including phenoxy) is 1. The quantitative estimate of drug-likeness (QED) is 0.590. The van der Waals surface area contributed by atoms with Crippen LogP contribution >= 0.6 is 0 Å². The average molecular weight is 428 g/mol. The third-order valence-electron chi connectivity index (χ3n) is 5.16. The highest BCUT2D eigenvalue weighted by Gasteiger charge is 2.30. The molecule has 31 heavy (non-hydrogen) atoms. The molecule has 3 aromatic rings. The first-order chi connectivity index (χ1) is 14.8. The molecule has 160 valence electrons. The van der Waals surface area contributed by atoms with Crippen molar-refractivity contribution in [2.24, 2.45) is 10.9 Å². The molecule has 0 saturated carbocycles. The van der Waals surface area contributed by atoms with E-state index in [1.165, 1.54) is 12.1 Å². The third kappa shape index (κ3) is 4.60. The van der Waals surface area contributed by atoms with Gasteiger partial charge >= 0.3 is 6.18 Å². The van der Waals surface area contributed by atoms with Crippen LogP contribution in [0.25, 0.3) is 10.8 Å². The van der Waals surface area contributed by atoms with E-state index >= 15 is 0 Å². The number of carbonyl (C=O) groups excluding carboxylic acids is 1. The first-order valence-corrected chi connectivity index (χ1v) is 9.66. The maximum absolute atomic E-state index is 12.7. The number of halogens is 3. The zero-order chi connectivity index (χ0) is 22.0. The molecule has 1 heterocycles. The van der Waals surface area contributed by atoms with E-state index in [9.17, 15) is 23.1 Å². The van der Waals surface area contributed by atoms with Crippen molar-refractivity contribution in [3.8, 4) is 11.5 Å². The van der Waals surface area contributed by atoms with Crippen molar-refractivity contribution in [2.45, 2.75) is 6.18 Å². The summed E-state index contributed by atoms with van der Waals surface area (Å²) in [5, 5.41) is 14.0. The number of hydrogen-bond donors (Lipinski definition) is 2. The van der Waals surface area contributed by atoms with Crippen LogP contribution in [-0.2, 0) is 6.18 Å². The predicted molar refractivity (Wildman–Crippen MR) is 111 cm³/mol. The Morgan fingerprint density at radius 3 is 2.45 bits per heavy atom. The van der Waals surface area contributed by atoms with Gasteiger partial charge in [-0.15, -0.1) is 0 Å². The smallest absolute Gasteiger partial charge is 0.416 e. The molecule has 0 bridgehead atoms. The van der Waals surface area contributed by atoms with Gasteiger partial charge in [0.2, 0.25) is 0 Å². The fraction of sp³-hybridized carbons (Fsp3) is 0.217. The first-order valence-electron chi connectivity index (χ1n) is 9.66. The highest BCUT2D eigenvalue weighted by atomic mass is 19.4. The molecule has 0 aliphatic carbocycles. The molecule has 5 nitrogen and oxygen atoms in total. The van der Waals surface area contributed by atoms with E-state index in [1.807, 2.05) is 0 Å². The standard InChI is InChI=1S/C23H19F3N2O3/c24-23(25,26)17-5-7-18(8-6-17)31-21-3-1-2-14-10-15(4-9-19(14)21)22(30)28-20(13-29)16-11-27-12-16/h1-10,16,27,29H,11-13H2/b28-20+. The molecule has 1 aliphatic heterocycles. The van der Waals surface area contributed by atoms with Crippen molar-refractivity contribution < 1.29 is 27.8 Å². The molecule has 0 aromatic heterocycles. The number of rotatable bonds is 5.